The summed E-state index contributed by atoms with van der Waals surface area (Å²) in [6.45, 7) is 11.2. The second-order valence-electron chi connectivity index (χ2n) is 8.72. The van der Waals surface area contributed by atoms with Gasteiger partial charge in [0.05, 0.1) is 7.11 Å². The topological polar surface area (TPSA) is 58.6 Å². The first kappa shape index (κ1) is 23.1. The van der Waals surface area contributed by atoms with Crippen LogP contribution in [0.3, 0.4) is 0 Å². The first-order chi connectivity index (χ1) is 12.6. The van der Waals surface area contributed by atoms with Crippen LogP contribution in [-0.4, -0.2) is 18.1 Å². The minimum atomic E-state index is 0.0663. The summed E-state index contributed by atoms with van der Waals surface area (Å²) in [5.74, 6) is 1.23. The average molecular weight is 376 g/mol. The Labute approximate surface area is 165 Å². The second kappa shape index (κ2) is 11.0. The number of allylic oxidation sites excluding steroid dienone is 2. The van der Waals surface area contributed by atoms with Crippen molar-refractivity contribution >= 4 is 5.91 Å². The molecular weight excluding hydrogens is 338 g/mol. The SMILES string of the molecule is COc1cc(CNC(=O)CCCC/C=C/C(C)C)c(CC(C)(C)C)cc1O. The van der Waals surface area contributed by atoms with Crippen molar-refractivity contribution in [1.29, 1.82) is 0 Å². The maximum Gasteiger partial charge on any atom is 0.220 e. The maximum absolute atomic E-state index is 12.2. The van der Waals surface area contributed by atoms with Crippen molar-refractivity contribution in [3.8, 4) is 11.5 Å². The van der Waals surface area contributed by atoms with Gasteiger partial charge in [-0.2, -0.15) is 0 Å². The van der Waals surface area contributed by atoms with E-state index in [1.54, 1.807) is 6.07 Å². The van der Waals surface area contributed by atoms with E-state index in [2.05, 4.69) is 52.1 Å². The highest BCUT2D eigenvalue weighted by atomic mass is 16.5. The van der Waals surface area contributed by atoms with Crippen molar-refractivity contribution < 1.29 is 14.6 Å². The van der Waals surface area contributed by atoms with E-state index >= 15 is 0 Å². The van der Waals surface area contributed by atoms with E-state index in [1.807, 2.05) is 6.07 Å². The van der Waals surface area contributed by atoms with Gasteiger partial charge < -0.3 is 15.2 Å². The van der Waals surface area contributed by atoms with Crippen molar-refractivity contribution in [2.24, 2.45) is 11.3 Å². The number of hydrogen-bond donors (Lipinski definition) is 2. The van der Waals surface area contributed by atoms with Crippen molar-refractivity contribution in [2.75, 3.05) is 7.11 Å². The summed E-state index contributed by atoms with van der Waals surface area (Å²) >= 11 is 0. The molecule has 0 atom stereocenters. The third-order valence-corrected chi connectivity index (χ3v) is 4.24. The van der Waals surface area contributed by atoms with Gasteiger partial charge in [0.15, 0.2) is 11.5 Å². The number of phenols is 1. The Morgan fingerprint density at radius 1 is 1.22 bits per heavy atom. The molecule has 0 saturated heterocycles. The number of phenolic OH excluding ortho intramolecular Hbond substituents is 1. The molecule has 1 amide bonds. The lowest BCUT2D eigenvalue weighted by Crippen LogP contribution is -2.23. The van der Waals surface area contributed by atoms with Crippen LogP contribution in [0, 0.1) is 11.3 Å². The summed E-state index contributed by atoms with van der Waals surface area (Å²) in [7, 11) is 1.54. The van der Waals surface area contributed by atoms with Gasteiger partial charge in [0, 0.05) is 13.0 Å². The Morgan fingerprint density at radius 2 is 1.93 bits per heavy atom. The molecule has 1 aromatic carbocycles. The van der Waals surface area contributed by atoms with Gasteiger partial charge in [0.2, 0.25) is 5.91 Å². The molecule has 0 aliphatic rings. The Kier molecular flexibility index (Phi) is 9.40. The fourth-order valence-corrected chi connectivity index (χ4v) is 2.92. The first-order valence-corrected chi connectivity index (χ1v) is 9.94. The van der Waals surface area contributed by atoms with Gasteiger partial charge in [-0.25, -0.2) is 0 Å². The number of carbonyl (C=O) groups is 1. The van der Waals surface area contributed by atoms with E-state index in [0.29, 0.717) is 24.6 Å². The number of nitrogens with one attached hydrogen (secondary N) is 1. The molecule has 0 saturated carbocycles. The summed E-state index contributed by atoms with van der Waals surface area (Å²) in [6, 6.07) is 3.58. The number of aromatic hydroxyl groups is 1. The zero-order valence-corrected chi connectivity index (χ0v) is 17.9. The van der Waals surface area contributed by atoms with Gasteiger partial charge in [0.25, 0.3) is 0 Å². The molecule has 2 N–H and O–H groups in total. The predicted molar refractivity (Wildman–Crippen MR) is 112 cm³/mol. The molecule has 0 aliphatic carbocycles. The lowest BCUT2D eigenvalue weighted by Gasteiger charge is -2.21. The second-order valence-corrected chi connectivity index (χ2v) is 8.72. The maximum atomic E-state index is 12.2. The lowest BCUT2D eigenvalue weighted by molar-refractivity contribution is -0.121. The standard InChI is InChI=1S/C23H37NO3/c1-17(2)11-9-7-8-10-12-22(26)24-16-19-14-21(27-6)20(25)13-18(19)15-23(3,4)5/h9,11,13-14,17,25H,7-8,10,12,15-16H2,1-6H3,(H,24,26)/b11-9+. The van der Waals surface area contributed by atoms with Crippen molar-refractivity contribution in [3.05, 3.63) is 35.4 Å². The number of methoxy groups -OCH3 is 1. The highest BCUT2D eigenvalue weighted by Crippen LogP contribution is 2.32. The Morgan fingerprint density at radius 3 is 2.52 bits per heavy atom. The Hall–Kier alpha value is -1.97. The third kappa shape index (κ3) is 9.50. The molecule has 4 heteroatoms. The van der Waals surface area contributed by atoms with Crippen LogP contribution >= 0.6 is 0 Å². The quantitative estimate of drug-likeness (QED) is 0.426. The number of unbranched alkanes of at least 4 members (excludes halogenated alkanes) is 2. The minimum Gasteiger partial charge on any atom is -0.504 e. The molecule has 0 fully saturated rings. The molecule has 0 aromatic heterocycles. The first-order valence-electron chi connectivity index (χ1n) is 9.94. The summed E-state index contributed by atoms with van der Waals surface area (Å²) in [5.41, 5.74) is 2.12. The van der Waals surface area contributed by atoms with E-state index in [4.69, 9.17) is 4.74 Å². The fraction of sp³-hybridized carbons (Fsp3) is 0.609. The summed E-state index contributed by atoms with van der Waals surface area (Å²) < 4.78 is 5.23. The number of rotatable bonds is 10. The van der Waals surface area contributed by atoms with Gasteiger partial charge in [0.1, 0.15) is 0 Å². The van der Waals surface area contributed by atoms with Crippen LogP contribution < -0.4 is 10.1 Å². The average Bonchev–Trinajstić information content (AvgIpc) is 2.55. The largest absolute Gasteiger partial charge is 0.504 e. The Balaban J connectivity index is 2.60. The fourth-order valence-electron chi connectivity index (χ4n) is 2.92. The van der Waals surface area contributed by atoms with Crippen LogP contribution in [0.25, 0.3) is 0 Å². The van der Waals surface area contributed by atoms with E-state index in [1.165, 1.54) is 7.11 Å². The smallest absolute Gasteiger partial charge is 0.220 e. The van der Waals surface area contributed by atoms with Crippen LogP contribution in [-0.2, 0) is 17.8 Å². The van der Waals surface area contributed by atoms with Crippen LogP contribution in [0.5, 0.6) is 11.5 Å². The highest BCUT2D eigenvalue weighted by molar-refractivity contribution is 5.75. The number of benzene rings is 1. The molecule has 0 spiro atoms. The normalized spacial score (nSPS) is 12.0. The van der Waals surface area contributed by atoms with E-state index in [9.17, 15) is 9.90 Å². The number of amides is 1. The van der Waals surface area contributed by atoms with Gasteiger partial charge in [-0.15, -0.1) is 0 Å². The predicted octanol–water partition coefficient (Wildman–Crippen LogP) is 5.38. The van der Waals surface area contributed by atoms with Crippen LogP contribution in [0.2, 0.25) is 0 Å². The molecule has 0 radical (unpaired) electrons. The molecule has 0 aliphatic heterocycles. The summed E-state index contributed by atoms with van der Waals surface area (Å²) in [4.78, 5) is 12.2. The van der Waals surface area contributed by atoms with Gasteiger partial charge in [-0.05, 0) is 60.3 Å². The lowest BCUT2D eigenvalue weighted by atomic mass is 9.86. The highest BCUT2D eigenvalue weighted by Gasteiger charge is 2.17. The van der Waals surface area contributed by atoms with Gasteiger partial charge in [-0.1, -0.05) is 46.8 Å². The molecule has 0 heterocycles. The molecule has 1 aromatic rings. The number of carbonyl (C=O) groups excluding carboxylic acids is 1. The van der Waals surface area contributed by atoms with E-state index < -0.39 is 0 Å². The molecule has 4 nitrogen and oxygen atoms in total. The zero-order chi connectivity index (χ0) is 20.4. The third-order valence-electron chi connectivity index (χ3n) is 4.24. The zero-order valence-electron chi connectivity index (χ0n) is 17.9. The minimum absolute atomic E-state index is 0.0663. The van der Waals surface area contributed by atoms with Gasteiger partial charge in [-0.3, -0.25) is 4.79 Å². The molecule has 1 rings (SSSR count). The van der Waals surface area contributed by atoms with Crippen LogP contribution in [0.4, 0.5) is 0 Å². The molecule has 27 heavy (non-hydrogen) atoms. The van der Waals surface area contributed by atoms with Crippen molar-refractivity contribution in [2.45, 2.75) is 73.3 Å². The summed E-state index contributed by atoms with van der Waals surface area (Å²) in [5, 5.41) is 13.1. The molecule has 0 bridgehead atoms. The summed E-state index contributed by atoms with van der Waals surface area (Å²) in [6.07, 6.45) is 8.70. The van der Waals surface area contributed by atoms with Crippen molar-refractivity contribution in [3.63, 3.8) is 0 Å². The van der Waals surface area contributed by atoms with Crippen LogP contribution in [0.15, 0.2) is 24.3 Å². The van der Waals surface area contributed by atoms with Crippen LogP contribution in [0.1, 0.15) is 71.4 Å². The van der Waals surface area contributed by atoms with E-state index in [0.717, 1.165) is 36.8 Å². The van der Waals surface area contributed by atoms with Gasteiger partial charge >= 0.3 is 0 Å². The molecule has 0 unspecified atom stereocenters. The number of ether oxygens (including phenoxy) is 1. The monoisotopic (exact) mass is 375 g/mol. The molecular formula is C23H37NO3. The Bertz CT molecular complexity index is 627. The van der Waals surface area contributed by atoms with Crippen molar-refractivity contribution in [1.82, 2.24) is 5.32 Å². The van der Waals surface area contributed by atoms with E-state index in [-0.39, 0.29) is 17.1 Å². The molecule has 152 valence electrons. The number of hydrogen-bond acceptors (Lipinski definition) is 3.